The second-order valence-electron chi connectivity index (χ2n) is 5.42. The maximum atomic E-state index is 5.40. The molecule has 0 aliphatic heterocycles. The lowest BCUT2D eigenvalue weighted by atomic mass is 10.1. The van der Waals surface area contributed by atoms with Crippen LogP contribution in [0.2, 0.25) is 0 Å². The van der Waals surface area contributed by atoms with Gasteiger partial charge in [-0.05, 0) is 42.3 Å². The Morgan fingerprint density at radius 2 is 1.62 bits per heavy atom. The van der Waals surface area contributed by atoms with Crippen LogP contribution in [-0.4, -0.2) is 14.8 Å². The first-order chi connectivity index (χ1) is 10.3. The van der Waals surface area contributed by atoms with Crippen molar-refractivity contribution >= 4 is 12.2 Å². The second kappa shape index (κ2) is 4.97. The van der Waals surface area contributed by atoms with Gasteiger partial charge in [-0.25, -0.2) is 0 Å². The first-order valence-electron chi connectivity index (χ1n) is 7.12. The normalized spacial score (nSPS) is 20.4. The highest BCUT2D eigenvalue weighted by molar-refractivity contribution is 7.71. The first-order valence-corrected chi connectivity index (χ1v) is 7.53. The number of hydrogen-bond donors (Lipinski definition) is 1. The summed E-state index contributed by atoms with van der Waals surface area (Å²) in [6.07, 6.45) is 1.14. The smallest absolute Gasteiger partial charge is 0.199 e. The molecule has 1 aliphatic rings. The Balaban J connectivity index is 1.71. The Bertz CT molecular complexity index is 805. The third-order valence-corrected chi connectivity index (χ3v) is 4.34. The highest BCUT2D eigenvalue weighted by Crippen LogP contribution is 2.54. The van der Waals surface area contributed by atoms with E-state index < -0.39 is 0 Å². The van der Waals surface area contributed by atoms with E-state index in [1.165, 1.54) is 5.56 Å². The van der Waals surface area contributed by atoms with E-state index >= 15 is 0 Å². The van der Waals surface area contributed by atoms with Gasteiger partial charge in [-0.1, -0.05) is 48.5 Å². The molecule has 1 heterocycles. The molecule has 1 aliphatic carbocycles. The number of hydrogen-bond acceptors (Lipinski definition) is 2. The van der Waals surface area contributed by atoms with E-state index in [2.05, 4.69) is 57.2 Å². The summed E-state index contributed by atoms with van der Waals surface area (Å²) in [6.45, 7) is 0. The lowest BCUT2D eigenvalue weighted by Crippen LogP contribution is -2.00. The Kier molecular flexibility index (Phi) is 2.97. The molecule has 0 radical (unpaired) electrons. The maximum Gasteiger partial charge on any atom is 0.199 e. The van der Waals surface area contributed by atoms with Crippen molar-refractivity contribution in [1.82, 2.24) is 14.8 Å². The number of nitrogens with one attached hydrogen (secondary N) is 1. The molecule has 2 atom stereocenters. The number of aromatic nitrogens is 3. The van der Waals surface area contributed by atoms with E-state index in [-0.39, 0.29) is 0 Å². The van der Waals surface area contributed by atoms with Gasteiger partial charge < -0.3 is 0 Å². The highest BCUT2D eigenvalue weighted by atomic mass is 32.1. The van der Waals surface area contributed by atoms with E-state index in [1.807, 2.05) is 18.2 Å². The number of rotatable bonds is 3. The number of benzene rings is 2. The molecule has 4 rings (SSSR count). The fraction of sp³-hybridized carbons (Fsp3) is 0.176. The van der Waals surface area contributed by atoms with Gasteiger partial charge >= 0.3 is 0 Å². The van der Waals surface area contributed by atoms with Crippen molar-refractivity contribution in [2.24, 2.45) is 0 Å². The molecule has 1 N–H and O–H groups in total. The molecule has 104 valence electrons. The molecular weight excluding hydrogens is 278 g/mol. The fourth-order valence-corrected chi connectivity index (χ4v) is 3.18. The monoisotopic (exact) mass is 293 g/mol. The molecule has 0 unspecified atom stereocenters. The molecule has 0 bridgehead atoms. The zero-order chi connectivity index (χ0) is 14.2. The first kappa shape index (κ1) is 12.5. The van der Waals surface area contributed by atoms with E-state index in [4.69, 9.17) is 12.2 Å². The third-order valence-electron chi connectivity index (χ3n) is 4.06. The van der Waals surface area contributed by atoms with Crippen LogP contribution in [0.1, 0.15) is 29.6 Å². The Hall–Kier alpha value is -2.20. The molecule has 2 aromatic carbocycles. The maximum absolute atomic E-state index is 5.40. The van der Waals surface area contributed by atoms with E-state index in [9.17, 15) is 0 Å². The van der Waals surface area contributed by atoms with Gasteiger partial charge in [0.05, 0.1) is 0 Å². The van der Waals surface area contributed by atoms with Crippen LogP contribution in [0.25, 0.3) is 5.69 Å². The van der Waals surface area contributed by atoms with Crippen molar-refractivity contribution < 1.29 is 0 Å². The van der Waals surface area contributed by atoms with Crippen LogP contribution in [0.4, 0.5) is 0 Å². The van der Waals surface area contributed by atoms with Crippen LogP contribution < -0.4 is 0 Å². The average molecular weight is 293 g/mol. The van der Waals surface area contributed by atoms with Crippen molar-refractivity contribution in [3.05, 3.63) is 76.8 Å². The molecule has 3 aromatic rings. The van der Waals surface area contributed by atoms with Crippen molar-refractivity contribution in [3.8, 4) is 5.69 Å². The summed E-state index contributed by atoms with van der Waals surface area (Å²) in [6, 6.07) is 20.8. The van der Waals surface area contributed by atoms with Gasteiger partial charge in [-0.15, -0.1) is 0 Å². The number of aromatic amines is 1. The summed E-state index contributed by atoms with van der Waals surface area (Å²) < 4.78 is 2.72. The van der Waals surface area contributed by atoms with Crippen LogP contribution in [0.15, 0.2) is 60.7 Å². The van der Waals surface area contributed by atoms with Gasteiger partial charge in [0.2, 0.25) is 0 Å². The van der Waals surface area contributed by atoms with Crippen LogP contribution in [0.3, 0.4) is 0 Å². The average Bonchev–Trinajstić information content (AvgIpc) is 3.25. The molecule has 1 saturated carbocycles. The lowest BCUT2D eigenvalue weighted by Gasteiger charge is -2.06. The molecule has 0 amide bonds. The van der Waals surface area contributed by atoms with E-state index in [0.717, 1.165) is 17.9 Å². The zero-order valence-electron chi connectivity index (χ0n) is 11.4. The van der Waals surface area contributed by atoms with Crippen molar-refractivity contribution in [2.45, 2.75) is 18.3 Å². The molecule has 1 fully saturated rings. The Labute approximate surface area is 128 Å². The highest BCUT2D eigenvalue weighted by Gasteiger charge is 2.43. The van der Waals surface area contributed by atoms with Crippen molar-refractivity contribution in [2.75, 3.05) is 0 Å². The van der Waals surface area contributed by atoms with Crippen LogP contribution in [0.5, 0.6) is 0 Å². The lowest BCUT2D eigenvalue weighted by molar-refractivity contribution is 0.846. The summed E-state index contributed by atoms with van der Waals surface area (Å²) in [5, 5.41) is 7.42. The second-order valence-corrected chi connectivity index (χ2v) is 5.80. The van der Waals surface area contributed by atoms with Crippen LogP contribution in [-0.2, 0) is 0 Å². The van der Waals surface area contributed by atoms with Crippen LogP contribution >= 0.6 is 12.2 Å². The SMILES string of the molecule is S=c1[nH]nc([C@@H]2C[C@@H]2c2ccccc2)n1-c1ccccc1. The standard InChI is InChI=1S/C17H15N3S/c21-17-19-18-16(20(17)13-9-5-2-6-10-13)15-11-14(15)12-7-3-1-4-8-12/h1-10,14-15H,11H2,(H,19,21)/t14-,15-/m1/s1. The molecule has 4 heteroatoms. The topological polar surface area (TPSA) is 33.6 Å². The quantitative estimate of drug-likeness (QED) is 0.734. The third kappa shape index (κ3) is 2.21. The Morgan fingerprint density at radius 1 is 0.952 bits per heavy atom. The molecular formula is C17H15N3S. The largest absolute Gasteiger partial charge is 0.272 e. The fourth-order valence-electron chi connectivity index (χ4n) is 2.93. The van der Waals surface area contributed by atoms with E-state index in [1.54, 1.807) is 0 Å². The minimum Gasteiger partial charge on any atom is -0.272 e. The molecule has 0 saturated heterocycles. The summed E-state index contributed by atoms with van der Waals surface area (Å²) in [5.74, 6) is 2.04. The van der Waals surface area contributed by atoms with Gasteiger partial charge in [0.15, 0.2) is 4.77 Å². The molecule has 0 spiro atoms. The van der Waals surface area contributed by atoms with Gasteiger partial charge in [0, 0.05) is 11.6 Å². The predicted octanol–water partition coefficient (Wildman–Crippen LogP) is 4.20. The summed E-state index contributed by atoms with van der Waals surface area (Å²) in [7, 11) is 0. The minimum absolute atomic E-state index is 0.445. The predicted molar refractivity (Wildman–Crippen MR) is 85.3 cm³/mol. The summed E-state index contributed by atoms with van der Waals surface area (Å²) in [4.78, 5) is 0. The Morgan fingerprint density at radius 3 is 2.33 bits per heavy atom. The molecule has 3 nitrogen and oxygen atoms in total. The van der Waals surface area contributed by atoms with Crippen molar-refractivity contribution in [1.29, 1.82) is 0 Å². The minimum atomic E-state index is 0.445. The number of para-hydroxylation sites is 1. The summed E-state index contributed by atoms with van der Waals surface area (Å²) >= 11 is 5.40. The van der Waals surface area contributed by atoms with Crippen LogP contribution in [0, 0.1) is 4.77 Å². The summed E-state index contributed by atoms with van der Waals surface area (Å²) in [5.41, 5.74) is 2.46. The molecule has 21 heavy (non-hydrogen) atoms. The van der Waals surface area contributed by atoms with Gasteiger partial charge in [0.25, 0.3) is 0 Å². The number of H-pyrrole nitrogens is 1. The van der Waals surface area contributed by atoms with Crippen molar-refractivity contribution in [3.63, 3.8) is 0 Å². The number of nitrogens with zero attached hydrogens (tertiary/aromatic N) is 2. The van der Waals surface area contributed by atoms with Gasteiger partial charge in [-0.2, -0.15) is 5.10 Å². The van der Waals surface area contributed by atoms with E-state index in [0.29, 0.717) is 16.6 Å². The molecule has 1 aromatic heterocycles. The van der Waals surface area contributed by atoms with Gasteiger partial charge in [0.1, 0.15) is 5.82 Å². The zero-order valence-corrected chi connectivity index (χ0v) is 12.3. The van der Waals surface area contributed by atoms with Gasteiger partial charge in [-0.3, -0.25) is 9.67 Å².